The maximum atomic E-state index is 13.5. The molecular formula is C24H23N3O4S2. The van der Waals surface area contributed by atoms with Crippen molar-refractivity contribution < 1.29 is 14.3 Å². The monoisotopic (exact) mass is 481 g/mol. The lowest BCUT2D eigenvalue weighted by atomic mass is 10.2. The minimum Gasteiger partial charge on any atom is -0.493 e. The van der Waals surface area contributed by atoms with Crippen LogP contribution in [0.15, 0.2) is 52.3 Å². The van der Waals surface area contributed by atoms with Crippen LogP contribution in [0.2, 0.25) is 0 Å². The number of fused-ring (bicyclic) bond motifs is 1. The number of ether oxygens (including phenoxy) is 2. The van der Waals surface area contributed by atoms with E-state index in [9.17, 15) is 9.59 Å². The van der Waals surface area contributed by atoms with Crippen LogP contribution in [-0.4, -0.2) is 38.2 Å². The number of unbranched alkanes of at least 4 members (excludes halogenated alkanes) is 1. The standard InChI is InChI=1S/C24H23N3O4S2/c1-4-5-12-27-23(29)19(33-24(27)32)14-16-21(31-18-11-7-6-10-17(18)30-3)25-20-15(2)9-8-13-26(20)22(16)28/h6-11,13-14H,4-5,12H2,1-3H3/b19-14+. The van der Waals surface area contributed by atoms with Gasteiger partial charge < -0.3 is 9.47 Å². The molecule has 0 saturated carbocycles. The second-order valence-electron chi connectivity index (χ2n) is 7.46. The van der Waals surface area contributed by atoms with E-state index in [2.05, 4.69) is 11.9 Å². The number of hydrogen-bond donors (Lipinski definition) is 0. The summed E-state index contributed by atoms with van der Waals surface area (Å²) in [6, 6.07) is 10.8. The number of hydrogen-bond acceptors (Lipinski definition) is 7. The van der Waals surface area contributed by atoms with Crippen molar-refractivity contribution in [2.45, 2.75) is 26.7 Å². The van der Waals surface area contributed by atoms with Gasteiger partial charge in [0.1, 0.15) is 15.5 Å². The van der Waals surface area contributed by atoms with Crippen molar-refractivity contribution in [1.29, 1.82) is 0 Å². The van der Waals surface area contributed by atoms with Gasteiger partial charge in [-0.15, -0.1) is 0 Å². The van der Waals surface area contributed by atoms with Gasteiger partial charge in [-0.2, -0.15) is 4.98 Å². The molecule has 170 valence electrons. The fourth-order valence-electron chi connectivity index (χ4n) is 3.44. The highest BCUT2D eigenvalue weighted by Crippen LogP contribution is 2.36. The number of carbonyl (C=O) groups excluding carboxylic acids is 1. The number of aromatic nitrogens is 2. The van der Waals surface area contributed by atoms with Gasteiger partial charge in [-0.05, 0) is 43.2 Å². The van der Waals surface area contributed by atoms with Gasteiger partial charge in [0.05, 0.1) is 12.0 Å². The van der Waals surface area contributed by atoms with Crippen LogP contribution in [0.25, 0.3) is 11.7 Å². The minimum atomic E-state index is -0.340. The molecule has 1 aromatic carbocycles. The first kappa shape index (κ1) is 23.0. The Hall–Kier alpha value is -3.17. The Morgan fingerprint density at radius 3 is 2.64 bits per heavy atom. The topological polar surface area (TPSA) is 73.1 Å². The Bertz CT molecular complexity index is 1330. The summed E-state index contributed by atoms with van der Waals surface area (Å²) in [4.78, 5) is 33.0. The molecule has 1 aliphatic heterocycles. The fraction of sp³-hybridized carbons (Fsp3) is 0.250. The molecule has 0 aliphatic carbocycles. The van der Waals surface area contributed by atoms with Crippen LogP contribution in [0.1, 0.15) is 30.9 Å². The molecule has 0 bridgehead atoms. The SMILES string of the molecule is CCCCN1C(=O)/C(=C\c2c(Oc3ccccc3OC)nc3c(C)cccn3c2=O)SC1=S. The Morgan fingerprint density at radius 2 is 1.91 bits per heavy atom. The van der Waals surface area contributed by atoms with Crippen molar-refractivity contribution in [2.75, 3.05) is 13.7 Å². The third kappa shape index (κ3) is 4.51. The molecule has 9 heteroatoms. The van der Waals surface area contributed by atoms with Gasteiger partial charge in [-0.1, -0.05) is 55.5 Å². The quantitative estimate of drug-likeness (QED) is 0.354. The predicted octanol–water partition coefficient (Wildman–Crippen LogP) is 4.81. The summed E-state index contributed by atoms with van der Waals surface area (Å²) in [5, 5.41) is 0. The molecular weight excluding hydrogens is 458 g/mol. The maximum absolute atomic E-state index is 13.5. The van der Waals surface area contributed by atoms with E-state index < -0.39 is 0 Å². The zero-order valence-electron chi connectivity index (χ0n) is 18.5. The number of pyridine rings is 1. The summed E-state index contributed by atoms with van der Waals surface area (Å²) in [5.41, 5.74) is 1.12. The van der Waals surface area contributed by atoms with E-state index in [1.54, 1.807) is 35.4 Å². The highest BCUT2D eigenvalue weighted by Gasteiger charge is 2.32. The van der Waals surface area contributed by atoms with Crippen molar-refractivity contribution in [2.24, 2.45) is 0 Å². The van der Waals surface area contributed by atoms with Crippen LogP contribution in [0.5, 0.6) is 17.4 Å². The molecule has 1 aliphatic rings. The number of rotatable bonds is 7. The number of thioether (sulfide) groups is 1. The molecule has 3 aromatic rings. The van der Waals surface area contributed by atoms with Gasteiger partial charge in [0.2, 0.25) is 5.88 Å². The third-order valence-corrected chi connectivity index (χ3v) is 6.59. The maximum Gasteiger partial charge on any atom is 0.269 e. The molecule has 0 unspecified atom stereocenters. The highest BCUT2D eigenvalue weighted by molar-refractivity contribution is 8.26. The predicted molar refractivity (Wildman–Crippen MR) is 134 cm³/mol. The normalized spacial score (nSPS) is 15.0. The zero-order chi connectivity index (χ0) is 23.5. The average Bonchev–Trinajstić information content (AvgIpc) is 3.08. The number of nitrogens with zero attached hydrogens (tertiary/aromatic N) is 3. The van der Waals surface area contributed by atoms with Gasteiger partial charge in [-0.25, -0.2) is 0 Å². The smallest absolute Gasteiger partial charge is 0.269 e. The molecule has 1 saturated heterocycles. The Morgan fingerprint density at radius 1 is 1.15 bits per heavy atom. The van der Waals surface area contributed by atoms with Crippen LogP contribution < -0.4 is 15.0 Å². The number of aryl methyl sites for hydroxylation is 1. The van der Waals surface area contributed by atoms with Crippen LogP contribution >= 0.6 is 24.0 Å². The molecule has 7 nitrogen and oxygen atoms in total. The summed E-state index contributed by atoms with van der Waals surface area (Å²) >= 11 is 6.58. The number of amides is 1. The van der Waals surface area contributed by atoms with Gasteiger partial charge in [-0.3, -0.25) is 18.9 Å². The fourth-order valence-corrected chi connectivity index (χ4v) is 4.73. The van der Waals surface area contributed by atoms with Crippen LogP contribution in [0.3, 0.4) is 0 Å². The van der Waals surface area contributed by atoms with Gasteiger partial charge in [0.25, 0.3) is 11.5 Å². The third-order valence-electron chi connectivity index (χ3n) is 5.21. The lowest BCUT2D eigenvalue weighted by molar-refractivity contribution is -0.122. The summed E-state index contributed by atoms with van der Waals surface area (Å²) in [7, 11) is 1.54. The largest absolute Gasteiger partial charge is 0.493 e. The van der Waals surface area contributed by atoms with E-state index in [-0.39, 0.29) is 22.9 Å². The summed E-state index contributed by atoms with van der Waals surface area (Å²) in [6.07, 6.45) is 4.97. The first-order valence-electron chi connectivity index (χ1n) is 10.5. The number of thiocarbonyl (C=S) groups is 1. The van der Waals surface area contributed by atoms with Gasteiger partial charge >= 0.3 is 0 Å². The lowest BCUT2D eigenvalue weighted by Gasteiger charge is -2.14. The van der Waals surface area contributed by atoms with E-state index in [0.29, 0.717) is 32.9 Å². The number of benzene rings is 1. The molecule has 0 N–H and O–H groups in total. The number of carbonyl (C=O) groups is 1. The lowest BCUT2D eigenvalue weighted by Crippen LogP contribution is -2.29. The zero-order valence-corrected chi connectivity index (χ0v) is 20.2. The van der Waals surface area contributed by atoms with Crippen molar-refractivity contribution in [3.8, 4) is 17.4 Å². The van der Waals surface area contributed by atoms with Gasteiger partial charge in [0.15, 0.2) is 11.5 Å². The molecule has 0 radical (unpaired) electrons. The summed E-state index contributed by atoms with van der Waals surface area (Å²) in [6.45, 7) is 4.48. The van der Waals surface area contributed by atoms with Crippen LogP contribution in [0.4, 0.5) is 0 Å². The van der Waals surface area contributed by atoms with Crippen LogP contribution in [0, 0.1) is 6.92 Å². The molecule has 1 fully saturated rings. The van der Waals surface area contributed by atoms with E-state index in [1.165, 1.54) is 29.3 Å². The Kier molecular flexibility index (Phi) is 6.80. The van der Waals surface area contributed by atoms with Crippen molar-refractivity contribution in [3.63, 3.8) is 0 Å². The molecule has 0 atom stereocenters. The molecule has 3 heterocycles. The molecule has 2 aromatic heterocycles. The number of para-hydroxylation sites is 2. The molecule has 33 heavy (non-hydrogen) atoms. The van der Waals surface area contributed by atoms with Crippen molar-refractivity contribution in [1.82, 2.24) is 14.3 Å². The van der Waals surface area contributed by atoms with Gasteiger partial charge in [0, 0.05) is 12.7 Å². The average molecular weight is 482 g/mol. The second-order valence-corrected chi connectivity index (χ2v) is 9.14. The van der Waals surface area contributed by atoms with Crippen molar-refractivity contribution >= 4 is 45.9 Å². The first-order chi connectivity index (χ1) is 15.9. The van der Waals surface area contributed by atoms with E-state index >= 15 is 0 Å². The minimum absolute atomic E-state index is 0.0950. The first-order valence-corrected chi connectivity index (χ1v) is 11.7. The van der Waals surface area contributed by atoms with Crippen molar-refractivity contribution in [3.05, 3.63) is 69.0 Å². The Labute approximate surface area is 201 Å². The van der Waals surface area contributed by atoms with Crippen LogP contribution in [-0.2, 0) is 4.79 Å². The summed E-state index contributed by atoms with van der Waals surface area (Å²) < 4.78 is 13.4. The second kappa shape index (κ2) is 9.76. The summed E-state index contributed by atoms with van der Waals surface area (Å²) in [5.74, 6) is 0.796. The molecule has 0 spiro atoms. The number of methoxy groups -OCH3 is 1. The highest BCUT2D eigenvalue weighted by atomic mass is 32.2. The Balaban J connectivity index is 1.86. The molecule has 4 rings (SSSR count). The molecule has 1 amide bonds. The van der Waals surface area contributed by atoms with E-state index in [1.807, 2.05) is 19.1 Å². The van der Waals surface area contributed by atoms with E-state index in [4.69, 9.17) is 21.7 Å². The van der Waals surface area contributed by atoms with E-state index in [0.717, 1.165) is 18.4 Å².